The van der Waals surface area contributed by atoms with Crippen molar-refractivity contribution < 1.29 is 0 Å². The minimum atomic E-state index is 0.636. The zero-order valence-electron chi connectivity index (χ0n) is 12.4. The summed E-state index contributed by atoms with van der Waals surface area (Å²) in [5.74, 6) is 0.684. The van der Waals surface area contributed by atoms with Crippen LogP contribution in [0.2, 0.25) is 0 Å². The minimum absolute atomic E-state index is 0.636. The van der Waals surface area contributed by atoms with E-state index in [9.17, 15) is 0 Å². The molecule has 0 unspecified atom stereocenters. The van der Waals surface area contributed by atoms with Crippen molar-refractivity contribution in [2.24, 2.45) is 0 Å². The number of nitrogens with two attached hydrogens (primary N) is 1. The van der Waals surface area contributed by atoms with Crippen molar-refractivity contribution >= 4 is 28.6 Å². The van der Waals surface area contributed by atoms with Crippen LogP contribution in [0.25, 0.3) is 0 Å². The van der Waals surface area contributed by atoms with E-state index in [4.69, 9.17) is 5.73 Å². The molecule has 0 radical (unpaired) electrons. The van der Waals surface area contributed by atoms with E-state index < -0.39 is 0 Å². The Bertz CT molecular complexity index is 752. The fourth-order valence-electron chi connectivity index (χ4n) is 2.13. The van der Waals surface area contributed by atoms with Gasteiger partial charge in [-0.2, -0.15) is 0 Å². The molecule has 2 aromatic carbocycles. The monoisotopic (exact) mass is 290 g/mol. The number of hydrogen-bond donors (Lipinski definition) is 3. The average Bonchev–Trinajstić information content (AvgIpc) is 2.54. The third kappa shape index (κ3) is 3.35. The lowest BCUT2D eigenvalue weighted by Crippen LogP contribution is -2.00. The van der Waals surface area contributed by atoms with E-state index in [0.29, 0.717) is 11.5 Å². The quantitative estimate of drug-likeness (QED) is 0.664. The number of pyridine rings is 1. The normalized spacial score (nSPS) is 10.2. The van der Waals surface area contributed by atoms with Crippen molar-refractivity contribution in [3.63, 3.8) is 0 Å². The van der Waals surface area contributed by atoms with Crippen molar-refractivity contribution in [1.29, 1.82) is 0 Å². The average molecular weight is 290 g/mol. The third-order valence-electron chi connectivity index (χ3n) is 3.28. The van der Waals surface area contributed by atoms with E-state index in [-0.39, 0.29) is 0 Å². The summed E-state index contributed by atoms with van der Waals surface area (Å²) in [6.07, 6.45) is 0. The first-order valence-corrected chi connectivity index (χ1v) is 7.13. The topological polar surface area (TPSA) is 63.0 Å². The lowest BCUT2D eigenvalue weighted by atomic mass is 10.2. The summed E-state index contributed by atoms with van der Waals surface area (Å²) in [6, 6.07) is 21.8. The van der Waals surface area contributed by atoms with Gasteiger partial charge in [-0.3, -0.25) is 0 Å². The maximum Gasteiger partial charge on any atom is 0.153 e. The van der Waals surface area contributed by atoms with Crippen molar-refractivity contribution in [2.75, 3.05) is 16.4 Å². The van der Waals surface area contributed by atoms with Crippen LogP contribution in [0.15, 0.2) is 66.7 Å². The Labute approximate surface area is 130 Å². The Kier molecular flexibility index (Phi) is 3.92. The Morgan fingerprint density at radius 1 is 0.727 bits per heavy atom. The van der Waals surface area contributed by atoms with Gasteiger partial charge in [0, 0.05) is 22.8 Å². The van der Waals surface area contributed by atoms with Gasteiger partial charge in [-0.05, 0) is 55.5 Å². The molecule has 4 N–H and O–H groups in total. The predicted octanol–water partition coefficient (Wildman–Crippen LogP) is 4.46. The van der Waals surface area contributed by atoms with Crippen molar-refractivity contribution in [2.45, 2.75) is 6.92 Å². The van der Waals surface area contributed by atoms with E-state index in [1.807, 2.05) is 73.7 Å². The number of aryl methyl sites for hydroxylation is 1. The Balaban J connectivity index is 1.73. The van der Waals surface area contributed by atoms with Gasteiger partial charge >= 0.3 is 0 Å². The highest BCUT2D eigenvalue weighted by Gasteiger charge is 2.02. The summed E-state index contributed by atoms with van der Waals surface area (Å²) in [7, 11) is 0. The number of benzene rings is 2. The van der Waals surface area contributed by atoms with Gasteiger partial charge in [-0.1, -0.05) is 18.2 Å². The van der Waals surface area contributed by atoms with Gasteiger partial charge < -0.3 is 16.4 Å². The van der Waals surface area contributed by atoms with Crippen LogP contribution in [0.4, 0.5) is 28.6 Å². The molecule has 0 aliphatic carbocycles. The standard InChI is InChI=1S/C18H18N4/c1-13-7-12-17(19)18(20-13)22-16-10-8-15(9-11-16)21-14-5-3-2-4-6-14/h2-12,21H,19H2,1H3,(H,20,22). The Morgan fingerprint density at radius 2 is 1.32 bits per heavy atom. The summed E-state index contributed by atoms with van der Waals surface area (Å²) in [6.45, 7) is 1.94. The largest absolute Gasteiger partial charge is 0.396 e. The zero-order valence-corrected chi connectivity index (χ0v) is 12.4. The summed E-state index contributed by atoms with van der Waals surface area (Å²) < 4.78 is 0. The lowest BCUT2D eigenvalue weighted by molar-refractivity contribution is 1.20. The number of anilines is 5. The number of hydrogen-bond acceptors (Lipinski definition) is 4. The predicted molar refractivity (Wildman–Crippen MR) is 92.8 cm³/mol. The highest BCUT2D eigenvalue weighted by Crippen LogP contribution is 2.23. The molecule has 0 amide bonds. The molecule has 4 heteroatoms. The zero-order chi connectivity index (χ0) is 15.4. The molecule has 0 saturated heterocycles. The minimum Gasteiger partial charge on any atom is -0.396 e. The second kappa shape index (κ2) is 6.18. The third-order valence-corrected chi connectivity index (χ3v) is 3.28. The van der Waals surface area contributed by atoms with Crippen LogP contribution in [-0.4, -0.2) is 4.98 Å². The van der Waals surface area contributed by atoms with Crippen LogP contribution in [0.3, 0.4) is 0 Å². The molecule has 3 rings (SSSR count). The molecule has 0 aliphatic heterocycles. The van der Waals surface area contributed by atoms with Gasteiger partial charge in [-0.15, -0.1) is 0 Å². The van der Waals surface area contributed by atoms with Gasteiger partial charge in [0.05, 0.1) is 5.69 Å². The first-order chi connectivity index (χ1) is 10.7. The highest BCUT2D eigenvalue weighted by atomic mass is 15.0. The van der Waals surface area contributed by atoms with E-state index in [1.54, 1.807) is 0 Å². The van der Waals surface area contributed by atoms with Crippen molar-refractivity contribution in [3.8, 4) is 0 Å². The Hall–Kier alpha value is -3.01. The molecule has 22 heavy (non-hydrogen) atoms. The Morgan fingerprint density at radius 3 is 2.00 bits per heavy atom. The smallest absolute Gasteiger partial charge is 0.153 e. The molecular formula is C18H18N4. The molecular weight excluding hydrogens is 272 g/mol. The number of nitrogen functional groups attached to an aromatic ring is 1. The molecule has 110 valence electrons. The molecule has 1 aromatic heterocycles. The number of para-hydroxylation sites is 1. The van der Waals surface area contributed by atoms with Crippen molar-refractivity contribution in [3.05, 3.63) is 72.4 Å². The summed E-state index contributed by atoms with van der Waals surface area (Å²) >= 11 is 0. The van der Waals surface area contributed by atoms with E-state index in [0.717, 1.165) is 22.8 Å². The highest BCUT2D eigenvalue weighted by molar-refractivity contribution is 5.70. The molecule has 0 spiro atoms. The first kappa shape index (κ1) is 13.9. The molecule has 4 nitrogen and oxygen atoms in total. The van der Waals surface area contributed by atoms with Gasteiger partial charge in [0.25, 0.3) is 0 Å². The number of rotatable bonds is 4. The molecule has 1 heterocycles. The SMILES string of the molecule is Cc1ccc(N)c(Nc2ccc(Nc3ccccc3)cc2)n1. The molecule has 0 fully saturated rings. The van der Waals surface area contributed by atoms with E-state index in [2.05, 4.69) is 15.6 Å². The van der Waals surface area contributed by atoms with Crippen LogP contribution in [0, 0.1) is 6.92 Å². The van der Waals surface area contributed by atoms with Crippen LogP contribution in [-0.2, 0) is 0 Å². The van der Waals surface area contributed by atoms with E-state index in [1.165, 1.54) is 0 Å². The van der Waals surface area contributed by atoms with Crippen LogP contribution >= 0.6 is 0 Å². The molecule has 0 saturated carbocycles. The fraction of sp³-hybridized carbons (Fsp3) is 0.0556. The number of nitrogens with one attached hydrogen (secondary N) is 2. The summed E-state index contributed by atoms with van der Waals surface area (Å²) in [5, 5.41) is 6.59. The van der Waals surface area contributed by atoms with Crippen molar-refractivity contribution in [1.82, 2.24) is 4.98 Å². The maximum atomic E-state index is 5.93. The first-order valence-electron chi connectivity index (χ1n) is 7.13. The molecule has 3 aromatic rings. The van der Waals surface area contributed by atoms with Gasteiger partial charge in [0.1, 0.15) is 0 Å². The van der Waals surface area contributed by atoms with Gasteiger partial charge in [0.2, 0.25) is 0 Å². The van der Waals surface area contributed by atoms with Crippen LogP contribution in [0.5, 0.6) is 0 Å². The maximum absolute atomic E-state index is 5.93. The second-order valence-electron chi connectivity index (χ2n) is 5.08. The van der Waals surface area contributed by atoms with Gasteiger partial charge in [-0.25, -0.2) is 4.98 Å². The second-order valence-corrected chi connectivity index (χ2v) is 5.08. The number of nitrogens with zero attached hydrogens (tertiary/aromatic N) is 1. The fourth-order valence-corrected chi connectivity index (χ4v) is 2.13. The lowest BCUT2D eigenvalue weighted by Gasteiger charge is -2.11. The summed E-state index contributed by atoms with van der Waals surface area (Å²) in [5.41, 5.74) is 10.5. The molecule has 0 atom stereocenters. The molecule has 0 aliphatic rings. The van der Waals surface area contributed by atoms with Crippen LogP contribution < -0.4 is 16.4 Å². The number of aromatic nitrogens is 1. The van der Waals surface area contributed by atoms with Gasteiger partial charge in [0.15, 0.2) is 5.82 Å². The summed E-state index contributed by atoms with van der Waals surface area (Å²) in [4.78, 5) is 4.41. The molecule has 0 bridgehead atoms. The van der Waals surface area contributed by atoms with Crippen LogP contribution in [0.1, 0.15) is 5.69 Å². The van der Waals surface area contributed by atoms with E-state index >= 15 is 0 Å².